The SMILES string of the molecule is CC[C@@H](c1ccccc1)N1Cc2cc3c(cc2C[C@H]1C(C)=O)OC[C@H](c1ccc(C)cc1)O3. The van der Waals surface area contributed by atoms with E-state index in [2.05, 4.69) is 79.4 Å². The highest BCUT2D eigenvalue weighted by atomic mass is 16.6. The van der Waals surface area contributed by atoms with Crippen molar-refractivity contribution in [3.8, 4) is 11.5 Å². The third-order valence-electron chi connectivity index (χ3n) is 6.98. The summed E-state index contributed by atoms with van der Waals surface area (Å²) in [6, 6.07) is 23.2. The number of Topliss-reactive ketones (excluding diaryl/α,β-unsaturated/α-hetero) is 1. The van der Waals surface area contributed by atoms with Crippen LogP contribution in [-0.4, -0.2) is 23.3 Å². The highest BCUT2D eigenvalue weighted by Gasteiger charge is 2.35. The lowest BCUT2D eigenvalue weighted by molar-refractivity contribution is -0.124. The maximum atomic E-state index is 12.7. The average Bonchev–Trinajstić information content (AvgIpc) is 2.83. The van der Waals surface area contributed by atoms with E-state index in [0.717, 1.165) is 30.0 Å². The molecule has 0 N–H and O–H groups in total. The van der Waals surface area contributed by atoms with Crippen LogP contribution in [0.25, 0.3) is 0 Å². The maximum absolute atomic E-state index is 12.7. The van der Waals surface area contributed by atoms with Gasteiger partial charge in [0.25, 0.3) is 0 Å². The molecule has 3 aromatic carbocycles. The van der Waals surface area contributed by atoms with Crippen LogP contribution in [0.5, 0.6) is 11.5 Å². The van der Waals surface area contributed by atoms with E-state index in [4.69, 9.17) is 9.47 Å². The van der Waals surface area contributed by atoms with E-state index >= 15 is 0 Å². The summed E-state index contributed by atoms with van der Waals surface area (Å²) in [4.78, 5) is 15.1. The van der Waals surface area contributed by atoms with E-state index in [1.54, 1.807) is 6.92 Å². The van der Waals surface area contributed by atoms with Crippen molar-refractivity contribution >= 4 is 5.78 Å². The Morgan fingerprint density at radius 1 is 1.03 bits per heavy atom. The first kappa shape index (κ1) is 21.7. The zero-order chi connectivity index (χ0) is 22.9. The molecule has 0 aromatic heterocycles. The van der Waals surface area contributed by atoms with Gasteiger partial charge in [-0.15, -0.1) is 0 Å². The quantitative estimate of drug-likeness (QED) is 0.489. The van der Waals surface area contributed by atoms with Crippen molar-refractivity contribution in [2.75, 3.05) is 6.61 Å². The fourth-order valence-corrected chi connectivity index (χ4v) is 5.16. The van der Waals surface area contributed by atoms with Gasteiger partial charge in [0.2, 0.25) is 0 Å². The molecule has 2 aliphatic heterocycles. The molecule has 33 heavy (non-hydrogen) atoms. The zero-order valence-corrected chi connectivity index (χ0v) is 19.6. The van der Waals surface area contributed by atoms with Crippen molar-refractivity contribution in [3.63, 3.8) is 0 Å². The molecule has 0 bridgehead atoms. The van der Waals surface area contributed by atoms with Gasteiger partial charge in [-0.3, -0.25) is 9.69 Å². The van der Waals surface area contributed by atoms with Crippen LogP contribution in [-0.2, 0) is 17.8 Å². The smallest absolute Gasteiger partial charge is 0.162 e. The van der Waals surface area contributed by atoms with Crippen LogP contribution >= 0.6 is 0 Å². The fourth-order valence-electron chi connectivity index (χ4n) is 5.16. The number of nitrogens with zero attached hydrogens (tertiary/aromatic N) is 1. The number of carbonyl (C=O) groups is 1. The number of fused-ring (bicyclic) bond motifs is 2. The number of hydrogen-bond acceptors (Lipinski definition) is 4. The van der Waals surface area contributed by atoms with E-state index in [9.17, 15) is 4.79 Å². The van der Waals surface area contributed by atoms with Crippen LogP contribution in [0.1, 0.15) is 60.2 Å². The molecule has 5 rings (SSSR count). The molecule has 2 aliphatic rings. The van der Waals surface area contributed by atoms with Gasteiger partial charge in [0.05, 0.1) is 6.04 Å². The molecule has 0 spiro atoms. The van der Waals surface area contributed by atoms with Crippen molar-refractivity contribution < 1.29 is 14.3 Å². The predicted octanol–water partition coefficient (Wildman–Crippen LogP) is 5.97. The lowest BCUT2D eigenvalue weighted by Crippen LogP contribution is -2.46. The topological polar surface area (TPSA) is 38.8 Å². The average molecular weight is 442 g/mol. The minimum absolute atomic E-state index is 0.117. The van der Waals surface area contributed by atoms with Gasteiger partial charge in [-0.1, -0.05) is 67.1 Å². The van der Waals surface area contributed by atoms with E-state index in [1.807, 2.05) is 6.07 Å². The standard InChI is InChI=1S/C29H31NO3/c1-4-25(21-8-6-5-7-9-21)30-17-24-16-28-27(15-23(24)14-26(30)20(3)31)32-18-29(33-28)22-12-10-19(2)11-13-22/h5-13,15-16,25-26,29H,4,14,17-18H2,1-3H3/t25-,26-,29+/m0/s1. The Bertz CT molecular complexity index is 1140. The summed E-state index contributed by atoms with van der Waals surface area (Å²) in [5.74, 6) is 1.78. The van der Waals surface area contributed by atoms with Crippen LogP contribution in [0.3, 0.4) is 0 Å². The molecule has 0 saturated heterocycles. The molecule has 0 amide bonds. The summed E-state index contributed by atoms with van der Waals surface area (Å²) >= 11 is 0. The second kappa shape index (κ2) is 9.03. The monoisotopic (exact) mass is 441 g/mol. The Kier molecular flexibility index (Phi) is 5.94. The first-order valence-corrected chi connectivity index (χ1v) is 11.9. The highest BCUT2D eigenvalue weighted by Crippen LogP contribution is 2.42. The zero-order valence-electron chi connectivity index (χ0n) is 19.6. The first-order chi connectivity index (χ1) is 16.0. The van der Waals surface area contributed by atoms with Gasteiger partial charge in [0.15, 0.2) is 17.6 Å². The van der Waals surface area contributed by atoms with Gasteiger partial charge in [0, 0.05) is 12.6 Å². The van der Waals surface area contributed by atoms with Crippen LogP contribution in [0.15, 0.2) is 66.7 Å². The van der Waals surface area contributed by atoms with Crippen molar-refractivity contribution in [2.45, 2.75) is 58.3 Å². The van der Waals surface area contributed by atoms with Gasteiger partial charge in [-0.2, -0.15) is 0 Å². The second-order valence-electron chi connectivity index (χ2n) is 9.23. The number of rotatable bonds is 5. The number of aryl methyl sites for hydroxylation is 1. The Morgan fingerprint density at radius 2 is 1.76 bits per heavy atom. The lowest BCUT2D eigenvalue weighted by Gasteiger charge is -2.41. The molecule has 3 atom stereocenters. The van der Waals surface area contributed by atoms with Crippen molar-refractivity contribution in [1.82, 2.24) is 4.90 Å². The summed E-state index contributed by atoms with van der Waals surface area (Å²) in [6.07, 6.45) is 1.53. The second-order valence-corrected chi connectivity index (χ2v) is 9.23. The summed E-state index contributed by atoms with van der Waals surface area (Å²) in [5.41, 5.74) is 6.01. The molecule has 0 unspecified atom stereocenters. The molecule has 4 nitrogen and oxygen atoms in total. The van der Waals surface area contributed by atoms with E-state index in [1.165, 1.54) is 22.3 Å². The van der Waals surface area contributed by atoms with Crippen molar-refractivity contribution in [3.05, 3.63) is 94.5 Å². The van der Waals surface area contributed by atoms with Gasteiger partial charge >= 0.3 is 0 Å². The lowest BCUT2D eigenvalue weighted by atomic mass is 9.88. The van der Waals surface area contributed by atoms with Crippen LogP contribution in [0, 0.1) is 6.92 Å². The molecular weight excluding hydrogens is 410 g/mol. The number of carbonyl (C=O) groups excluding carboxylic acids is 1. The molecule has 2 heterocycles. The Morgan fingerprint density at radius 3 is 2.45 bits per heavy atom. The van der Waals surface area contributed by atoms with E-state index in [0.29, 0.717) is 13.0 Å². The van der Waals surface area contributed by atoms with Gasteiger partial charge in [-0.05, 0) is 61.1 Å². The molecule has 0 saturated carbocycles. The minimum Gasteiger partial charge on any atom is -0.485 e. The molecule has 3 aromatic rings. The summed E-state index contributed by atoms with van der Waals surface area (Å²) in [6.45, 7) is 7.20. The fraction of sp³-hybridized carbons (Fsp3) is 0.345. The minimum atomic E-state index is -0.134. The Balaban J connectivity index is 1.46. The van der Waals surface area contributed by atoms with Crippen LogP contribution in [0.4, 0.5) is 0 Å². The molecule has 4 heteroatoms. The number of ether oxygens (including phenoxy) is 2. The van der Waals surface area contributed by atoms with Gasteiger partial charge < -0.3 is 9.47 Å². The Labute approximate surface area is 196 Å². The van der Waals surface area contributed by atoms with E-state index in [-0.39, 0.29) is 24.0 Å². The van der Waals surface area contributed by atoms with Crippen LogP contribution in [0.2, 0.25) is 0 Å². The molecular formula is C29H31NO3. The molecule has 170 valence electrons. The van der Waals surface area contributed by atoms with Crippen molar-refractivity contribution in [2.24, 2.45) is 0 Å². The van der Waals surface area contributed by atoms with Crippen LogP contribution < -0.4 is 9.47 Å². The normalized spacial score (nSPS) is 20.7. The first-order valence-electron chi connectivity index (χ1n) is 11.9. The largest absolute Gasteiger partial charge is 0.485 e. The number of ketones is 1. The number of hydrogen-bond donors (Lipinski definition) is 0. The molecule has 0 fully saturated rings. The third kappa shape index (κ3) is 4.28. The maximum Gasteiger partial charge on any atom is 0.162 e. The van der Waals surface area contributed by atoms with E-state index < -0.39 is 0 Å². The Hall–Kier alpha value is -3.11. The summed E-state index contributed by atoms with van der Waals surface area (Å²) in [5, 5.41) is 0. The summed E-state index contributed by atoms with van der Waals surface area (Å²) < 4.78 is 12.5. The predicted molar refractivity (Wildman–Crippen MR) is 130 cm³/mol. The van der Waals surface area contributed by atoms with Gasteiger partial charge in [-0.25, -0.2) is 0 Å². The summed E-state index contributed by atoms with van der Waals surface area (Å²) in [7, 11) is 0. The molecule has 0 radical (unpaired) electrons. The molecule has 0 aliphatic carbocycles. The van der Waals surface area contributed by atoms with Gasteiger partial charge in [0.1, 0.15) is 12.4 Å². The van der Waals surface area contributed by atoms with Crippen molar-refractivity contribution in [1.29, 1.82) is 0 Å². The third-order valence-corrected chi connectivity index (χ3v) is 6.98. The highest BCUT2D eigenvalue weighted by molar-refractivity contribution is 5.82. The number of benzene rings is 3.